The van der Waals surface area contributed by atoms with Gasteiger partial charge in [0.05, 0.1) is 12.7 Å². The predicted octanol–water partition coefficient (Wildman–Crippen LogP) is 2.83. The first-order valence-electron chi connectivity index (χ1n) is 8.52. The van der Waals surface area contributed by atoms with E-state index < -0.39 is 15.9 Å². The Morgan fingerprint density at radius 3 is 2.14 bits per heavy atom. The quantitative estimate of drug-likeness (QED) is 0.606. The number of sulfonamides is 1. The third-order valence-electron chi connectivity index (χ3n) is 4.18. The summed E-state index contributed by atoms with van der Waals surface area (Å²) in [4.78, 5) is 25.4. The molecule has 0 radical (unpaired) electrons. The van der Waals surface area contributed by atoms with Gasteiger partial charge in [0.1, 0.15) is 10.6 Å². The second-order valence-electron chi connectivity index (χ2n) is 6.11. The number of nitrogens with two attached hydrogens (primary N) is 1. The van der Waals surface area contributed by atoms with Crippen LogP contribution in [-0.2, 0) is 10.0 Å². The Morgan fingerprint density at radius 2 is 1.52 bits per heavy atom. The van der Waals surface area contributed by atoms with Crippen molar-refractivity contribution in [1.29, 1.82) is 0 Å². The molecular formula is C21H18N2O5S. The molecule has 0 aromatic heterocycles. The highest BCUT2D eigenvalue weighted by Crippen LogP contribution is 2.26. The summed E-state index contributed by atoms with van der Waals surface area (Å²) >= 11 is 0. The Labute approximate surface area is 168 Å². The molecule has 0 unspecified atom stereocenters. The highest BCUT2D eigenvalue weighted by molar-refractivity contribution is 7.89. The van der Waals surface area contributed by atoms with E-state index in [-0.39, 0.29) is 33.2 Å². The molecule has 148 valence electrons. The number of ether oxygens (including phenoxy) is 1. The zero-order valence-corrected chi connectivity index (χ0v) is 16.3. The average Bonchev–Trinajstić information content (AvgIpc) is 2.73. The molecule has 0 bridgehead atoms. The normalized spacial score (nSPS) is 11.0. The van der Waals surface area contributed by atoms with Crippen molar-refractivity contribution >= 4 is 27.4 Å². The first-order valence-corrected chi connectivity index (χ1v) is 10.1. The predicted molar refractivity (Wildman–Crippen MR) is 109 cm³/mol. The summed E-state index contributed by atoms with van der Waals surface area (Å²) in [6.07, 6.45) is 0. The molecule has 0 saturated carbocycles. The number of carbonyl (C=O) groups excluding carboxylic acids is 2. The third-order valence-corrected chi connectivity index (χ3v) is 5.11. The number of nitrogens with one attached hydrogen (secondary N) is 1. The van der Waals surface area contributed by atoms with Crippen molar-refractivity contribution in [2.24, 2.45) is 5.14 Å². The molecule has 0 aliphatic carbocycles. The molecule has 3 aromatic carbocycles. The monoisotopic (exact) mass is 410 g/mol. The van der Waals surface area contributed by atoms with Crippen LogP contribution in [0, 0.1) is 0 Å². The van der Waals surface area contributed by atoms with Gasteiger partial charge in [0.15, 0.2) is 5.78 Å². The van der Waals surface area contributed by atoms with Crippen molar-refractivity contribution in [3.63, 3.8) is 0 Å². The standard InChI is InChI=1S/C21H18N2O5S/c1-28-18-12-11-15(13-19(18)29(22,26)27)23-21(25)17-10-6-5-9-16(17)20(24)14-7-3-2-4-8-14/h2-13H,1H3,(H,23,25)(H2,22,26,27). The maximum Gasteiger partial charge on any atom is 0.256 e. The molecule has 3 aromatic rings. The van der Waals surface area contributed by atoms with Gasteiger partial charge < -0.3 is 10.1 Å². The Balaban J connectivity index is 1.94. The summed E-state index contributed by atoms with van der Waals surface area (Å²) in [5.74, 6) is -0.795. The number of rotatable bonds is 6. The topological polar surface area (TPSA) is 116 Å². The molecule has 0 heterocycles. The van der Waals surface area contributed by atoms with Gasteiger partial charge in [0.2, 0.25) is 10.0 Å². The molecule has 0 atom stereocenters. The van der Waals surface area contributed by atoms with E-state index in [1.807, 2.05) is 0 Å². The van der Waals surface area contributed by atoms with Crippen LogP contribution in [0.2, 0.25) is 0 Å². The zero-order chi connectivity index (χ0) is 21.0. The molecule has 0 aliphatic heterocycles. The second kappa shape index (κ2) is 8.26. The lowest BCUT2D eigenvalue weighted by Gasteiger charge is -2.12. The lowest BCUT2D eigenvalue weighted by atomic mass is 9.98. The van der Waals surface area contributed by atoms with Gasteiger partial charge in [-0.2, -0.15) is 0 Å². The van der Waals surface area contributed by atoms with E-state index in [0.717, 1.165) is 0 Å². The van der Waals surface area contributed by atoms with E-state index >= 15 is 0 Å². The Kier molecular flexibility index (Phi) is 5.76. The van der Waals surface area contributed by atoms with Gasteiger partial charge in [-0.25, -0.2) is 13.6 Å². The largest absolute Gasteiger partial charge is 0.495 e. The minimum atomic E-state index is -4.06. The van der Waals surface area contributed by atoms with Crippen LogP contribution in [0.15, 0.2) is 77.7 Å². The number of ketones is 1. The molecule has 3 rings (SSSR count). The van der Waals surface area contributed by atoms with Crippen molar-refractivity contribution in [3.8, 4) is 5.75 Å². The van der Waals surface area contributed by atoms with Crippen molar-refractivity contribution in [1.82, 2.24) is 0 Å². The van der Waals surface area contributed by atoms with Crippen LogP contribution in [-0.4, -0.2) is 27.2 Å². The maximum atomic E-state index is 12.8. The molecule has 29 heavy (non-hydrogen) atoms. The third kappa shape index (κ3) is 4.50. The van der Waals surface area contributed by atoms with Gasteiger partial charge >= 0.3 is 0 Å². The van der Waals surface area contributed by atoms with Gasteiger partial charge in [-0.3, -0.25) is 9.59 Å². The molecule has 1 amide bonds. The van der Waals surface area contributed by atoms with Crippen molar-refractivity contribution in [2.75, 3.05) is 12.4 Å². The number of anilines is 1. The highest BCUT2D eigenvalue weighted by Gasteiger charge is 2.20. The molecule has 0 spiro atoms. The second-order valence-corrected chi connectivity index (χ2v) is 7.64. The lowest BCUT2D eigenvalue weighted by Crippen LogP contribution is -2.18. The van der Waals surface area contributed by atoms with Gasteiger partial charge in [0, 0.05) is 16.8 Å². The molecule has 0 fully saturated rings. The Morgan fingerprint density at radius 1 is 0.897 bits per heavy atom. The number of carbonyl (C=O) groups is 2. The minimum Gasteiger partial charge on any atom is -0.495 e. The summed E-state index contributed by atoms with van der Waals surface area (Å²) in [6, 6.07) is 19.1. The average molecular weight is 410 g/mol. The molecular weight excluding hydrogens is 392 g/mol. The Hall–Kier alpha value is -3.49. The van der Waals surface area contributed by atoms with Crippen LogP contribution in [0.1, 0.15) is 26.3 Å². The van der Waals surface area contributed by atoms with Crippen LogP contribution in [0.5, 0.6) is 5.75 Å². The van der Waals surface area contributed by atoms with Gasteiger partial charge in [-0.1, -0.05) is 48.5 Å². The minimum absolute atomic E-state index is 0.0603. The summed E-state index contributed by atoms with van der Waals surface area (Å²) in [5, 5.41) is 7.81. The lowest BCUT2D eigenvalue weighted by molar-refractivity contribution is 0.0996. The smallest absolute Gasteiger partial charge is 0.256 e. The van der Waals surface area contributed by atoms with E-state index in [0.29, 0.717) is 5.56 Å². The highest BCUT2D eigenvalue weighted by atomic mass is 32.2. The van der Waals surface area contributed by atoms with E-state index in [9.17, 15) is 18.0 Å². The van der Waals surface area contributed by atoms with E-state index in [2.05, 4.69) is 5.32 Å². The van der Waals surface area contributed by atoms with Crippen LogP contribution >= 0.6 is 0 Å². The number of methoxy groups -OCH3 is 1. The number of hydrogen-bond donors (Lipinski definition) is 2. The summed E-state index contributed by atoms with van der Waals surface area (Å²) in [7, 11) is -2.74. The zero-order valence-electron chi connectivity index (χ0n) is 15.5. The van der Waals surface area contributed by atoms with Crippen molar-refractivity contribution < 1.29 is 22.7 Å². The first-order chi connectivity index (χ1) is 13.8. The number of benzene rings is 3. The summed E-state index contributed by atoms with van der Waals surface area (Å²) in [6.45, 7) is 0. The summed E-state index contributed by atoms with van der Waals surface area (Å²) in [5.41, 5.74) is 1.04. The van der Waals surface area contributed by atoms with Gasteiger partial charge in [0.25, 0.3) is 5.91 Å². The maximum absolute atomic E-state index is 12.8. The fourth-order valence-corrected chi connectivity index (χ4v) is 3.52. The van der Waals surface area contributed by atoms with Crippen LogP contribution < -0.4 is 15.2 Å². The fourth-order valence-electron chi connectivity index (χ4n) is 2.80. The summed E-state index contributed by atoms with van der Waals surface area (Å²) < 4.78 is 28.5. The van der Waals surface area contributed by atoms with Gasteiger partial charge in [-0.05, 0) is 24.3 Å². The first kappa shape index (κ1) is 20.2. The SMILES string of the molecule is COc1ccc(NC(=O)c2ccccc2C(=O)c2ccccc2)cc1S(N)(=O)=O. The van der Waals surface area contributed by atoms with Crippen molar-refractivity contribution in [2.45, 2.75) is 4.90 Å². The van der Waals surface area contributed by atoms with Crippen LogP contribution in [0.3, 0.4) is 0 Å². The number of primary sulfonamides is 1. The molecule has 7 nitrogen and oxygen atoms in total. The van der Waals surface area contributed by atoms with Gasteiger partial charge in [-0.15, -0.1) is 0 Å². The van der Waals surface area contributed by atoms with E-state index in [4.69, 9.17) is 9.88 Å². The number of amides is 1. The Bertz CT molecular complexity index is 1170. The van der Waals surface area contributed by atoms with Crippen LogP contribution in [0.4, 0.5) is 5.69 Å². The fraction of sp³-hybridized carbons (Fsp3) is 0.0476. The molecule has 0 aliphatic rings. The molecule has 3 N–H and O–H groups in total. The van der Waals surface area contributed by atoms with Crippen LogP contribution in [0.25, 0.3) is 0 Å². The number of hydrogen-bond acceptors (Lipinski definition) is 5. The van der Waals surface area contributed by atoms with E-state index in [1.165, 1.54) is 31.4 Å². The van der Waals surface area contributed by atoms with Crippen molar-refractivity contribution in [3.05, 3.63) is 89.5 Å². The van der Waals surface area contributed by atoms with E-state index in [1.54, 1.807) is 48.5 Å². The molecule has 0 saturated heterocycles. The molecule has 8 heteroatoms.